The van der Waals surface area contributed by atoms with Gasteiger partial charge in [0.25, 0.3) is 0 Å². The summed E-state index contributed by atoms with van der Waals surface area (Å²) in [7, 11) is 0. The molecule has 1 aliphatic carbocycles. The van der Waals surface area contributed by atoms with E-state index in [0.29, 0.717) is 0 Å². The van der Waals surface area contributed by atoms with Gasteiger partial charge in [-0.25, -0.2) is 8.78 Å². The lowest BCUT2D eigenvalue weighted by molar-refractivity contribution is 0.410. The zero-order valence-corrected chi connectivity index (χ0v) is 10.8. The Bertz CT molecular complexity index is 369. The molecular formula is C12H15Cl2F2N. The van der Waals surface area contributed by atoms with E-state index < -0.39 is 17.7 Å². The average molecular weight is 282 g/mol. The van der Waals surface area contributed by atoms with Gasteiger partial charge < -0.3 is 5.73 Å². The lowest BCUT2D eigenvalue weighted by atomic mass is 9.92. The summed E-state index contributed by atoms with van der Waals surface area (Å²) in [4.78, 5) is 0. The minimum Gasteiger partial charge on any atom is -0.324 e. The molecule has 0 aromatic heterocycles. The molecule has 1 aromatic rings. The van der Waals surface area contributed by atoms with Crippen LogP contribution < -0.4 is 5.73 Å². The third-order valence-electron chi connectivity index (χ3n) is 3.28. The van der Waals surface area contributed by atoms with Gasteiger partial charge in [0.1, 0.15) is 11.6 Å². The van der Waals surface area contributed by atoms with Crippen molar-refractivity contribution in [3.63, 3.8) is 0 Å². The summed E-state index contributed by atoms with van der Waals surface area (Å²) in [5, 5.41) is 0.0670. The molecule has 2 rings (SSSR count). The molecule has 1 saturated carbocycles. The molecule has 1 fully saturated rings. The predicted molar refractivity (Wildman–Crippen MR) is 67.5 cm³/mol. The molecule has 0 bridgehead atoms. The van der Waals surface area contributed by atoms with Gasteiger partial charge in [0, 0.05) is 16.6 Å². The second-order valence-electron chi connectivity index (χ2n) is 4.35. The summed E-state index contributed by atoms with van der Waals surface area (Å²) in [6.07, 6.45) is 4.08. The van der Waals surface area contributed by atoms with Gasteiger partial charge in [-0.2, -0.15) is 0 Å². The lowest BCUT2D eigenvalue weighted by Crippen LogP contribution is -2.21. The molecule has 0 amide bonds. The van der Waals surface area contributed by atoms with E-state index >= 15 is 0 Å². The number of benzene rings is 1. The highest BCUT2D eigenvalue weighted by molar-refractivity contribution is 6.30. The van der Waals surface area contributed by atoms with Crippen LogP contribution in [0.15, 0.2) is 12.1 Å². The molecule has 96 valence electrons. The minimum atomic E-state index is -0.635. The fourth-order valence-corrected chi connectivity index (χ4v) is 2.62. The van der Waals surface area contributed by atoms with Crippen LogP contribution >= 0.6 is 24.0 Å². The van der Waals surface area contributed by atoms with Crippen molar-refractivity contribution in [3.8, 4) is 0 Å². The van der Waals surface area contributed by atoms with Gasteiger partial charge in [-0.3, -0.25) is 0 Å². The Hall–Kier alpha value is -0.380. The smallest absolute Gasteiger partial charge is 0.132 e. The van der Waals surface area contributed by atoms with E-state index in [1.165, 1.54) is 0 Å². The predicted octanol–water partition coefficient (Wildman–Crippen LogP) is 4.23. The van der Waals surface area contributed by atoms with Crippen molar-refractivity contribution in [3.05, 3.63) is 34.4 Å². The Balaban J connectivity index is 0.00000144. The number of halogens is 4. The summed E-state index contributed by atoms with van der Waals surface area (Å²) in [6, 6.07) is 1.68. The van der Waals surface area contributed by atoms with Gasteiger partial charge in [0.05, 0.1) is 0 Å². The highest BCUT2D eigenvalue weighted by Crippen LogP contribution is 2.36. The first kappa shape index (κ1) is 14.7. The topological polar surface area (TPSA) is 26.0 Å². The van der Waals surface area contributed by atoms with Crippen molar-refractivity contribution in [1.29, 1.82) is 0 Å². The molecule has 1 nitrogen and oxygen atoms in total. The van der Waals surface area contributed by atoms with Gasteiger partial charge in [-0.05, 0) is 30.9 Å². The lowest BCUT2D eigenvalue weighted by Gasteiger charge is -2.20. The number of hydrogen-bond acceptors (Lipinski definition) is 1. The van der Waals surface area contributed by atoms with E-state index in [4.69, 9.17) is 17.3 Å². The molecular weight excluding hydrogens is 267 g/mol. The summed E-state index contributed by atoms with van der Waals surface area (Å²) >= 11 is 5.57. The van der Waals surface area contributed by atoms with Gasteiger partial charge in [0.15, 0.2) is 0 Å². The van der Waals surface area contributed by atoms with Gasteiger partial charge in [-0.1, -0.05) is 24.4 Å². The van der Waals surface area contributed by atoms with Gasteiger partial charge in [0.2, 0.25) is 0 Å². The summed E-state index contributed by atoms with van der Waals surface area (Å²) in [5.74, 6) is -1.08. The van der Waals surface area contributed by atoms with E-state index in [1.54, 1.807) is 0 Å². The Morgan fingerprint density at radius 3 is 2.12 bits per heavy atom. The molecule has 1 atom stereocenters. The SMILES string of the molecule is Cl.N[C@@H](c1c(F)cc(Cl)cc1F)C1CCCC1. The summed E-state index contributed by atoms with van der Waals surface area (Å²) in [5.41, 5.74) is 5.91. The number of rotatable bonds is 2. The van der Waals surface area contributed by atoms with Crippen molar-refractivity contribution in [1.82, 2.24) is 0 Å². The minimum absolute atomic E-state index is 0. The number of hydrogen-bond donors (Lipinski definition) is 1. The van der Waals surface area contributed by atoms with Crippen LogP contribution in [-0.4, -0.2) is 0 Å². The van der Waals surface area contributed by atoms with Crippen molar-refractivity contribution in [2.75, 3.05) is 0 Å². The molecule has 1 aromatic carbocycles. The second kappa shape index (κ2) is 5.98. The molecule has 0 saturated heterocycles. The molecule has 0 unspecified atom stereocenters. The van der Waals surface area contributed by atoms with Crippen LogP contribution in [0.1, 0.15) is 37.3 Å². The standard InChI is InChI=1S/C12H14ClF2N.ClH/c13-8-5-9(14)11(10(15)6-8)12(16)7-3-1-2-4-7;/h5-7,12H,1-4,16H2;1H/t12-;/m1./s1. The van der Waals surface area contributed by atoms with E-state index in [-0.39, 0.29) is 28.9 Å². The molecule has 0 spiro atoms. The van der Waals surface area contributed by atoms with Crippen LogP contribution in [0.3, 0.4) is 0 Å². The Kier molecular flexibility index (Phi) is 5.17. The fraction of sp³-hybridized carbons (Fsp3) is 0.500. The van der Waals surface area contributed by atoms with Crippen LogP contribution in [0, 0.1) is 17.6 Å². The summed E-state index contributed by atoms with van der Waals surface area (Å²) < 4.78 is 27.2. The third-order valence-corrected chi connectivity index (χ3v) is 3.50. The third kappa shape index (κ3) is 3.09. The van der Waals surface area contributed by atoms with Crippen LogP contribution in [0.2, 0.25) is 5.02 Å². The maximum Gasteiger partial charge on any atom is 0.132 e. The largest absolute Gasteiger partial charge is 0.324 e. The second-order valence-corrected chi connectivity index (χ2v) is 4.79. The number of nitrogens with two attached hydrogens (primary N) is 1. The monoisotopic (exact) mass is 281 g/mol. The molecule has 2 N–H and O–H groups in total. The van der Waals surface area contributed by atoms with E-state index in [2.05, 4.69) is 0 Å². The van der Waals surface area contributed by atoms with Crippen molar-refractivity contribution in [2.45, 2.75) is 31.7 Å². The van der Waals surface area contributed by atoms with Gasteiger partial charge in [-0.15, -0.1) is 12.4 Å². The van der Waals surface area contributed by atoms with Crippen molar-refractivity contribution >= 4 is 24.0 Å². The van der Waals surface area contributed by atoms with E-state index in [9.17, 15) is 8.78 Å². The quantitative estimate of drug-likeness (QED) is 0.863. The normalized spacial score (nSPS) is 17.9. The molecule has 0 heterocycles. The first-order valence-corrected chi connectivity index (χ1v) is 5.87. The zero-order chi connectivity index (χ0) is 11.7. The van der Waals surface area contributed by atoms with Crippen LogP contribution in [0.5, 0.6) is 0 Å². The Morgan fingerprint density at radius 1 is 1.18 bits per heavy atom. The molecule has 5 heteroatoms. The van der Waals surface area contributed by atoms with Crippen molar-refractivity contribution in [2.24, 2.45) is 11.7 Å². The average Bonchev–Trinajstić information content (AvgIpc) is 2.67. The molecule has 17 heavy (non-hydrogen) atoms. The van der Waals surface area contributed by atoms with Gasteiger partial charge >= 0.3 is 0 Å². The first-order valence-electron chi connectivity index (χ1n) is 5.49. The van der Waals surface area contributed by atoms with Crippen LogP contribution in [0.25, 0.3) is 0 Å². The highest BCUT2D eigenvalue weighted by atomic mass is 35.5. The van der Waals surface area contributed by atoms with Crippen LogP contribution in [0.4, 0.5) is 8.78 Å². The summed E-state index contributed by atoms with van der Waals surface area (Å²) in [6.45, 7) is 0. The van der Waals surface area contributed by atoms with E-state index in [0.717, 1.165) is 37.8 Å². The fourth-order valence-electron chi connectivity index (χ4n) is 2.42. The molecule has 0 aliphatic heterocycles. The van der Waals surface area contributed by atoms with E-state index in [1.807, 2.05) is 0 Å². The maximum atomic E-state index is 13.6. The van der Waals surface area contributed by atoms with Crippen LogP contribution in [-0.2, 0) is 0 Å². The maximum absolute atomic E-state index is 13.6. The highest BCUT2D eigenvalue weighted by Gasteiger charge is 2.27. The molecule has 1 aliphatic rings. The zero-order valence-electron chi connectivity index (χ0n) is 9.26. The Labute approximate surface area is 111 Å². The van der Waals surface area contributed by atoms with Crippen molar-refractivity contribution < 1.29 is 8.78 Å². The molecule has 0 radical (unpaired) electrons. The first-order chi connectivity index (χ1) is 7.59. The Morgan fingerprint density at radius 2 is 1.65 bits per heavy atom.